The van der Waals surface area contributed by atoms with Crippen molar-refractivity contribution in [3.05, 3.63) is 38.5 Å². The maximum absolute atomic E-state index is 4.59. The fraction of sp³-hybridized carbons (Fsp3) is 0.467. The highest BCUT2D eigenvalue weighted by molar-refractivity contribution is 14.0. The zero-order chi connectivity index (χ0) is 14.9. The minimum absolute atomic E-state index is 0. The van der Waals surface area contributed by atoms with E-state index in [4.69, 9.17) is 0 Å². The molecule has 2 N–H and O–H groups in total. The number of halogens is 1. The maximum atomic E-state index is 4.59. The number of thiophene rings is 1. The molecule has 2 aromatic rings. The second-order valence-corrected chi connectivity index (χ2v) is 6.51. The molecular weight excluding hydrogens is 427 g/mol. The zero-order valence-electron chi connectivity index (χ0n) is 13.0. The quantitative estimate of drug-likeness (QED) is 0.385. The Morgan fingerprint density at radius 3 is 2.77 bits per heavy atom. The van der Waals surface area contributed by atoms with Gasteiger partial charge in [-0.1, -0.05) is 13.0 Å². The zero-order valence-corrected chi connectivity index (χ0v) is 16.9. The lowest BCUT2D eigenvalue weighted by molar-refractivity contribution is 0.801. The molecule has 0 aliphatic rings. The number of aliphatic imine (C=N–C) groups is 1. The minimum Gasteiger partial charge on any atom is -0.357 e. The third-order valence-corrected chi connectivity index (χ3v) is 4.87. The van der Waals surface area contributed by atoms with Gasteiger partial charge >= 0.3 is 0 Å². The van der Waals surface area contributed by atoms with E-state index in [0.29, 0.717) is 6.54 Å². The molecule has 22 heavy (non-hydrogen) atoms. The Morgan fingerprint density at radius 1 is 1.27 bits per heavy atom. The predicted octanol–water partition coefficient (Wildman–Crippen LogP) is 3.68. The van der Waals surface area contributed by atoms with Crippen LogP contribution >= 0.6 is 46.7 Å². The highest BCUT2D eigenvalue weighted by Gasteiger charge is 2.01. The molecule has 0 fully saturated rings. The number of hydrogen-bond donors (Lipinski definition) is 2. The van der Waals surface area contributed by atoms with E-state index < -0.39 is 0 Å². The van der Waals surface area contributed by atoms with Crippen LogP contribution in [0.4, 0.5) is 0 Å². The number of nitrogens with zero attached hydrogens (tertiary/aromatic N) is 2. The first kappa shape index (κ1) is 19.4. The van der Waals surface area contributed by atoms with Crippen molar-refractivity contribution in [3.63, 3.8) is 0 Å². The van der Waals surface area contributed by atoms with E-state index in [9.17, 15) is 0 Å². The second-order valence-electron chi connectivity index (χ2n) is 4.54. The van der Waals surface area contributed by atoms with Crippen LogP contribution < -0.4 is 10.6 Å². The van der Waals surface area contributed by atoms with Gasteiger partial charge in [-0.15, -0.1) is 46.7 Å². The van der Waals surface area contributed by atoms with Crippen LogP contribution in [0.3, 0.4) is 0 Å². The van der Waals surface area contributed by atoms with E-state index in [1.807, 2.05) is 0 Å². The summed E-state index contributed by atoms with van der Waals surface area (Å²) in [5, 5.41) is 12.0. The van der Waals surface area contributed by atoms with Gasteiger partial charge in [0, 0.05) is 23.3 Å². The van der Waals surface area contributed by atoms with Crippen molar-refractivity contribution < 1.29 is 0 Å². The largest absolute Gasteiger partial charge is 0.357 e. The van der Waals surface area contributed by atoms with Crippen molar-refractivity contribution in [2.45, 2.75) is 33.2 Å². The Morgan fingerprint density at radius 2 is 2.14 bits per heavy atom. The first-order chi connectivity index (χ1) is 10.3. The van der Waals surface area contributed by atoms with Crippen LogP contribution in [0.2, 0.25) is 0 Å². The SMILES string of the molecule is CCNC(=NCc1csc(CC)n1)NCCc1cccs1.I. The molecule has 0 aliphatic carbocycles. The molecule has 4 nitrogen and oxygen atoms in total. The number of thiazole rings is 1. The maximum Gasteiger partial charge on any atom is 0.191 e. The minimum atomic E-state index is 0. The molecule has 0 radical (unpaired) electrons. The summed E-state index contributed by atoms with van der Waals surface area (Å²) in [6, 6.07) is 4.25. The van der Waals surface area contributed by atoms with Crippen LogP contribution in [0.15, 0.2) is 27.9 Å². The van der Waals surface area contributed by atoms with Crippen LogP contribution in [-0.2, 0) is 19.4 Å². The van der Waals surface area contributed by atoms with E-state index >= 15 is 0 Å². The molecule has 0 atom stereocenters. The molecule has 2 rings (SSSR count). The van der Waals surface area contributed by atoms with Gasteiger partial charge < -0.3 is 10.6 Å². The van der Waals surface area contributed by atoms with Gasteiger partial charge in [0.1, 0.15) is 0 Å². The summed E-state index contributed by atoms with van der Waals surface area (Å²) in [6.07, 6.45) is 2.02. The molecule has 2 aromatic heterocycles. The Hall–Kier alpha value is -0.670. The molecule has 0 amide bonds. The van der Waals surface area contributed by atoms with E-state index in [1.165, 1.54) is 9.88 Å². The van der Waals surface area contributed by atoms with Crippen LogP contribution in [0.5, 0.6) is 0 Å². The normalized spacial score (nSPS) is 11.1. The molecule has 122 valence electrons. The number of aryl methyl sites for hydroxylation is 1. The second kappa shape index (κ2) is 11.0. The Balaban J connectivity index is 0.00000242. The van der Waals surface area contributed by atoms with E-state index in [2.05, 4.69) is 57.4 Å². The molecule has 0 saturated heterocycles. The molecule has 2 heterocycles. The molecule has 0 saturated carbocycles. The van der Waals surface area contributed by atoms with Gasteiger partial charge in [0.05, 0.1) is 17.2 Å². The lowest BCUT2D eigenvalue weighted by Crippen LogP contribution is -2.38. The monoisotopic (exact) mass is 450 g/mol. The van der Waals surface area contributed by atoms with E-state index in [1.54, 1.807) is 22.7 Å². The highest BCUT2D eigenvalue weighted by Crippen LogP contribution is 2.11. The molecule has 0 aromatic carbocycles. The van der Waals surface area contributed by atoms with Gasteiger partial charge in [-0.2, -0.15) is 0 Å². The van der Waals surface area contributed by atoms with Crippen molar-refractivity contribution in [3.8, 4) is 0 Å². The van der Waals surface area contributed by atoms with Crippen molar-refractivity contribution in [1.29, 1.82) is 0 Å². The van der Waals surface area contributed by atoms with Gasteiger partial charge in [0.2, 0.25) is 0 Å². The molecule has 0 spiro atoms. The lowest BCUT2D eigenvalue weighted by Gasteiger charge is -2.10. The Labute approximate surface area is 157 Å². The number of nitrogens with one attached hydrogen (secondary N) is 2. The van der Waals surface area contributed by atoms with Crippen molar-refractivity contribution in [1.82, 2.24) is 15.6 Å². The van der Waals surface area contributed by atoms with Crippen LogP contribution in [0.25, 0.3) is 0 Å². The van der Waals surface area contributed by atoms with Crippen molar-refractivity contribution in [2.75, 3.05) is 13.1 Å². The predicted molar refractivity (Wildman–Crippen MR) is 108 cm³/mol. The number of guanidine groups is 1. The van der Waals surface area contributed by atoms with Crippen LogP contribution in [0.1, 0.15) is 29.4 Å². The summed E-state index contributed by atoms with van der Waals surface area (Å²) in [7, 11) is 0. The topological polar surface area (TPSA) is 49.3 Å². The van der Waals surface area contributed by atoms with Gasteiger partial charge in [-0.3, -0.25) is 0 Å². The fourth-order valence-corrected chi connectivity index (χ4v) is 3.29. The van der Waals surface area contributed by atoms with Crippen molar-refractivity contribution >= 4 is 52.6 Å². The summed E-state index contributed by atoms with van der Waals surface area (Å²) in [5.74, 6) is 0.861. The van der Waals surface area contributed by atoms with E-state index in [0.717, 1.165) is 37.6 Å². The third-order valence-electron chi connectivity index (χ3n) is 2.89. The Kier molecular flexibility index (Phi) is 9.65. The van der Waals surface area contributed by atoms with Gasteiger partial charge in [0.25, 0.3) is 0 Å². The fourth-order valence-electron chi connectivity index (χ4n) is 1.84. The number of hydrogen-bond acceptors (Lipinski definition) is 4. The molecule has 0 bridgehead atoms. The average Bonchev–Trinajstić information content (AvgIpc) is 3.16. The standard InChI is InChI=1S/C15H22N4S2.HI/c1-3-14-19-12(11-21-14)10-18-15(16-4-2)17-8-7-13-6-5-9-20-13;/h5-6,9,11H,3-4,7-8,10H2,1-2H3,(H2,16,17,18);1H. The van der Waals surface area contributed by atoms with Gasteiger partial charge in [0.15, 0.2) is 5.96 Å². The summed E-state index contributed by atoms with van der Waals surface area (Å²) >= 11 is 3.51. The molecule has 7 heteroatoms. The van der Waals surface area contributed by atoms with Crippen molar-refractivity contribution in [2.24, 2.45) is 4.99 Å². The average molecular weight is 450 g/mol. The number of aromatic nitrogens is 1. The lowest BCUT2D eigenvalue weighted by atomic mass is 10.3. The van der Waals surface area contributed by atoms with Crippen LogP contribution in [-0.4, -0.2) is 24.0 Å². The van der Waals surface area contributed by atoms with E-state index in [-0.39, 0.29) is 24.0 Å². The van der Waals surface area contributed by atoms with Crippen LogP contribution in [0, 0.1) is 0 Å². The smallest absolute Gasteiger partial charge is 0.191 e. The molecule has 0 unspecified atom stereocenters. The Bertz CT molecular complexity index is 552. The first-order valence-corrected chi connectivity index (χ1v) is 9.05. The number of rotatable bonds is 7. The van der Waals surface area contributed by atoms with Gasteiger partial charge in [-0.25, -0.2) is 9.98 Å². The third kappa shape index (κ3) is 6.62. The summed E-state index contributed by atoms with van der Waals surface area (Å²) < 4.78 is 0. The summed E-state index contributed by atoms with van der Waals surface area (Å²) in [4.78, 5) is 10.5. The molecular formula is C15H23IN4S2. The van der Waals surface area contributed by atoms with Gasteiger partial charge in [-0.05, 0) is 31.2 Å². The summed E-state index contributed by atoms with van der Waals surface area (Å²) in [5.41, 5.74) is 1.05. The highest BCUT2D eigenvalue weighted by atomic mass is 127. The first-order valence-electron chi connectivity index (χ1n) is 7.29. The summed E-state index contributed by atoms with van der Waals surface area (Å²) in [6.45, 7) is 6.59. The molecule has 0 aliphatic heterocycles.